The lowest BCUT2D eigenvalue weighted by molar-refractivity contribution is -0.138. The third-order valence-corrected chi connectivity index (χ3v) is 4.17. The smallest absolute Gasteiger partial charge is 0.311 e. The summed E-state index contributed by atoms with van der Waals surface area (Å²) < 4.78 is 0. The fourth-order valence-corrected chi connectivity index (χ4v) is 3.00. The molecule has 0 radical (unpaired) electrons. The molecule has 0 aromatic heterocycles. The molecule has 0 heterocycles. The second-order valence-electron chi connectivity index (χ2n) is 5.59. The van der Waals surface area contributed by atoms with E-state index in [9.17, 15) is 9.90 Å². The van der Waals surface area contributed by atoms with E-state index >= 15 is 0 Å². The summed E-state index contributed by atoms with van der Waals surface area (Å²) in [5.74, 6) is -1.30. The van der Waals surface area contributed by atoms with E-state index in [0.717, 1.165) is 27.5 Å². The van der Waals surface area contributed by atoms with Gasteiger partial charge in [-0.3, -0.25) is 4.79 Å². The summed E-state index contributed by atoms with van der Waals surface area (Å²) in [6.07, 6.45) is 0.502. The molecule has 2 nitrogen and oxygen atoms in total. The van der Waals surface area contributed by atoms with Crippen LogP contribution in [0, 0.1) is 6.92 Å². The van der Waals surface area contributed by atoms with Crippen molar-refractivity contribution in [3.8, 4) is 0 Å². The zero-order valence-electron chi connectivity index (χ0n) is 12.5. The van der Waals surface area contributed by atoms with Gasteiger partial charge in [-0.2, -0.15) is 0 Å². The van der Waals surface area contributed by atoms with Crippen molar-refractivity contribution in [1.82, 2.24) is 0 Å². The molecule has 110 valence electrons. The molecular formula is C20H18O2. The highest BCUT2D eigenvalue weighted by Crippen LogP contribution is 2.28. The number of hydrogen-bond acceptors (Lipinski definition) is 1. The van der Waals surface area contributed by atoms with E-state index in [4.69, 9.17) is 0 Å². The Balaban J connectivity index is 2.04. The van der Waals surface area contributed by atoms with Crippen LogP contribution in [0.1, 0.15) is 22.6 Å². The van der Waals surface area contributed by atoms with Gasteiger partial charge < -0.3 is 5.11 Å². The van der Waals surface area contributed by atoms with Gasteiger partial charge in [-0.25, -0.2) is 0 Å². The standard InChI is InChI=1S/C20H18O2/c1-14-7-2-4-11-17(14)19(20(21)22)13-16-10-6-9-15-8-3-5-12-18(15)16/h2-12,19H,13H2,1H3,(H,21,22). The Bertz CT molecular complexity index is 815. The minimum atomic E-state index is -0.776. The predicted octanol–water partition coefficient (Wildman–Crippen LogP) is 4.56. The minimum absolute atomic E-state index is 0.502. The van der Waals surface area contributed by atoms with Crippen LogP contribution >= 0.6 is 0 Å². The van der Waals surface area contributed by atoms with E-state index in [1.165, 1.54) is 0 Å². The van der Waals surface area contributed by atoms with Crippen LogP contribution in [0.25, 0.3) is 10.8 Å². The molecular weight excluding hydrogens is 272 g/mol. The van der Waals surface area contributed by atoms with E-state index in [-0.39, 0.29) is 0 Å². The van der Waals surface area contributed by atoms with Gasteiger partial charge in [-0.15, -0.1) is 0 Å². The quantitative estimate of drug-likeness (QED) is 0.765. The van der Waals surface area contributed by atoms with Crippen LogP contribution in [0.4, 0.5) is 0 Å². The van der Waals surface area contributed by atoms with Gasteiger partial charge in [0.15, 0.2) is 0 Å². The van der Waals surface area contributed by atoms with Gasteiger partial charge in [0.2, 0.25) is 0 Å². The molecule has 2 heteroatoms. The second kappa shape index (κ2) is 6.02. The van der Waals surface area contributed by atoms with Crippen molar-refractivity contribution in [3.05, 3.63) is 83.4 Å². The lowest BCUT2D eigenvalue weighted by Gasteiger charge is -2.16. The van der Waals surface area contributed by atoms with Crippen LogP contribution in [-0.4, -0.2) is 11.1 Å². The van der Waals surface area contributed by atoms with Crippen LogP contribution in [0.3, 0.4) is 0 Å². The van der Waals surface area contributed by atoms with Crippen LogP contribution in [0.2, 0.25) is 0 Å². The fraction of sp³-hybridized carbons (Fsp3) is 0.150. The number of aryl methyl sites for hydroxylation is 1. The van der Waals surface area contributed by atoms with E-state index in [2.05, 4.69) is 18.2 Å². The molecule has 1 unspecified atom stereocenters. The lowest BCUT2D eigenvalue weighted by Crippen LogP contribution is -2.15. The summed E-state index contributed by atoms with van der Waals surface area (Å²) in [6, 6.07) is 21.9. The molecule has 0 saturated heterocycles. The van der Waals surface area contributed by atoms with E-state index in [0.29, 0.717) is 6.42 Å². The second-order valence-corrected chi connectivity index (χ2v) is 5.59. The summed E-state index contributed by atoms with van der Waals surface area (Å²) in [5.41, 5.74) is 2.99. The van der Waals surface area contributed by atoms with Gasteiger partial charge in [-0.05, 0) is 40.8 Å². The van der Waals surface area contributed by atoms with Crippen molar-refractivity contribution in [2.24, 2.45) is 0 Å². The van der Waals surface area contributed by atoms with Gasteiger partial charge in [0.25, 0.3) is 0 Å². The molecule has 0 aliphatic heterocycles. The summed E-state index contributed by atoms with van der Waals surface area (Å²) in [6.45, 7) is 1.97. The number of aliphatic carboxylic acids is 1. The van der Waals surface area contributed by atoms with Crippen molar-refractivity contribution in [1.29, 1.82) is 0 Å². The Morgan fingerprint density at radius 2 is 1.64 bits per heavy atom. The van der Waals surface area contributed by atoms with Crippen molar-refractivity contribution < 1.29 is 9.90 Å². The van der Waals surface area contributed by atoms with Gasteiger partial charge in [-0.1, -0.05) is 66.7 Å². The molecule has 0 bridgehead atoms. The van der Waals surface area contributed by atoms with Crippen molar-refractivity contribution in [2.45, 2.75) is 19.3 Å². The zero-order chi connectivity index (χ0) is 15.5. The highest BCUT2D eigenvalue weighted by atomic mass is 16.4. The first-order valence-corrected chi connectivity index (χ1v) is 7.42. The summed E-state index contributed by atoms with van der Waals surface area (Å²) in [5, 5.41) is 12.0. The topological polar surface area (TPSA) is 37.3 Å². The zero-order valence-corrected chi connectivity index (χ0v) is 12.5. The molecule has 0 fully saturated rings. The van der Waals surface area contributed by atoms with Crippen LogP contribution < -0.4 is 0 Å². The van der Waals surface area contributed by atoms with Gasteiger partial charge in [0.1, 0.15) is 0 Å². The first-order valence-electron chi connectivity index (χ1n) is 7.42. The Morgan fingerprint density at radius 3 is 2.41 bits per heavy atom. The first kappa shape index (κ1) is 14.3. The third kappa shape index (κ3) is 2.73. The van der Waals surface area contributed by atoms with Gasteiger partial charge in [0.05, 0.1) is 5.92 Å². The highest BCUT2D eigenvalue weighted by molar-refractivity contribution is 5.87. The number of rotatable bonds is 4. The highest BCUT2D eigenvalue weighted by Gasteiger charge is 2.22. The monoisotopic (exact) mass is 290 g/mol. The number of fused-ring (bicyclic) bond motifs is 1. The summed E-state index contributed by atoms with van der Waals surface area (Å²) >= 11 is 0. The maximum atomic E-state index is 11.8. The number of carbonyl (C=O) groups is 1. The van der Waals surface area contributed by atoms with Crippen molar-refractivity contribution in [2.75, 3.05) is 0 Å². The molecule has 3 aromatic rings. The van der Waals surface area contributed by atoms with Crippen LogP contribution in [0.15, 0.2) is 66.7 Å². The molecule has 3 rings (SSSR count). The third-order valence-electron chi connectivity index (χ3n) is 4.17. The maximum Gasteiger partial charge on any atom is 0.311 e. The summed E-state index contributed by atoms with van der Waals surface area (Å²) in [7, 11) is 0. The molecule has 0 aliphatic carbocycles. The molecule has 0 spiro atoms. The lowest BCUT2D eigenvalue weighted by atomic mass is 9.87. The van der Waals surface area contributed by atoms with E-state index in [1.807, 2.05) is 55.5 Å². The largest absolute Gasteiger partial charge is 0.481 e. The molecule has 1 atom stereocenters. The van der Waals surface area contributed by atoms with E-state index in [1.54, 1.807) is 0 Å². The first-order chi connectivity index (χ1) is 10.7. The normalized spacial score (nSPS) is 12.2. The van der Waals surface area contributed by atoms with Gasteiger partial charge in [0, 0.05) is 0 Å². The van der Waals surface area contributed by atoms with Gasteiger partial charge >= 0.3 is 5.97 Å². The Morgan fingerprint density at radius 1 is 0.955 bits per heavy atom. The molecule has 0 aliphatic rings. The Hall–Kier alpha value is -2.61. The number of carboxylic acids is 1. The number of benzene rings is 3. The molecule has 3 aromatic carbocycles. The van der Waals surface area contributed by atoms with Crippen molar-refractivity contribution >= 4 is 16.7 Å². The summed E-state index contributed by atoms with van der Waals surface area (Å²) in [4.78, 5) is 11.8. The maximum absolute atomic E-state index is 11.8. The van der Waals surface area contributed by atoms with Crippen LogP contribution in [0.5, 0.6) is 0 Å². The Labute approximate surface area is 130 Å². The SMILES string of the molecule is Cc1ccccc1C(Cc1cccc2ccccc12)C(=O)O. The predicted molar refractivity (Wildman–Crippen MR) is 89.2 cm³/mol. The molecule has 0 saturated carbocycles. The fourth-order valence-electron chi connectivity index (χ4n) is 3.00. The van der Waals surface area contributed by atoms with E-state index < -0.39 is 11.9 Å². The molecule has 22 heavy (non-hydrogen) atoms. The number of carboxylic acid groups (broad SMARTS) is 1. The molecule has 0 amide bonds. The minimum Gasteiger partial charge on any atom is -0.481 e. The Kier molecular flexibility index (Phi) is 3.92. The average molecular weight is 290 g/mol. The van der Waals surface area contributed by atoms with Crippen LogP contribution in [-0.2, 0) is 11.2 Å². The number of hydrogen-bond donors (Lipinski definition) is 1. The average Bonchev–Trinajstić information content (AvgIpc) is 2.53. The molecule has 1 N–H and O–H groups in total. The van der Waals surface area contributed by atoms with Crippen molar-refractivity contribution in [3.63, 3.8) is 0 Å².